The lowest BCUT2D eigenvalue weighted by Gasteiger charge is -2.22. The van der Waals surface area contributed by atoms with Crippen LogP contribution in [-0.4, -0.2) is 17.7 Å². The summed E-state index contributed by atoms with van der Waals surface area (Å²) in [6.07, 6.45) is 4.56. The van der Waals surface area contributed by atoms with Gasteiger partial charge in [-0.3, -0.25) is 19.3 Å². The Morgan fingerprint density at radius 2 is 1.81 bits per heavy atom. The topological polar surface area (TPSA) is 66.5 Å². The van der Waals surface area contributed by atoms with E-state index in [4.69, 9.17) is 0 Å². The molecular formula is C22H20N2O3. The first-order chi connectivity index (χ1) is 13.1. The van der Waals surface area contributed by atoms with Crippen LogP contribution in [0.15, 0.2) is 66.7 Å². The van der Waals surface area contributed by atoms with Crippen LogP contribution in [0.5, 0.6) is 0 Å². The van der Waals surface area contributed by atoms with E-state index >= 15 is 0 Å². The lowest BCUT2D eigenvalue weighted by molar-refractivity contribution is -0.122. The number of amides is 3. The summed E-state index contributed by atoms with van der Waals surface area (Å²) < 4.78 is 0. The summed E-state index contributed by atoms with van der Waals surface area (Å²) in [6.45, 7) is 1.96. The molecule has 1 saturated heterocycles. The molecular weight excluding hydrogens is 340 g/mol. The number of carbonyl (C=O) groups excluding carboxylic acids is 3. The Labute approximate surface area is 157 Å². The van der Waals surface area contributed by atoms with Crippen molar-refractivity contribution in [3.63, 3.8) is 0 Å². The smallest absolute Gasteiger partial charge is 0.255 e. The molecule has 1 heterocycles. The molecule has 0 bridgehead atoms. The molecule has 1 aliphatic heterocycles. The highest BCUT2D eigenvalue weighted by atomic mass is 16.2. The Bertz CT molecular complexity index is 936. The van der Waals surface area contributed by atoms with Crippen LogP contribution < -0.4 is 10.2 Å². The maximum atomic E-state index is 12.9. The number of benzene rings is 2. The van der Waals surface area contributed by atoms with E-state index in [1.165, 1.54) is 4.90 Å². The number of nitrogens with zero attached hydrogens (tertiary/aromatic N) is 1. The Hall–Kier alpha value is -3.21. The molecule has 2 aliphatic rings. The molecule has 5 heteroatoms. The minimum absolute atomic E-state index is 0.0368. The molecule has 2 aromatic rings. The molecule has 0 aromatic heterocycles. The van der Waals surface area contributed by atoms with Crippen molar-refractivity contribution in [3.8, 4) is 0 Å². The summed E-state index contributed by atoms with van der Waals surface area (Å²) in [5.41, 5.74) is 1.54. The van der Waals surface area contributed by atoms with Crippen molar-refractivity contribution >= 4 is 29.1 Å². The molecule has 0 radical (unpaired) electrons. The predicted molar refractivity (Wildman–Crippen MR) is 103 cm³/mol. The van der Waals surface area contributed by atoms with Crippen molar-refractivity contribution in [3.05, 3.63) is 72.3 Å². The zero-order valence-electron chi connectivity index (χ0n) is 15.0. The van der Waals surface area contributed by atoms with E-state index in [0.717, 1.165) is 0 Å². The second-order valence-corrected chi connectivity index (χ2v) is 7.04. The summed E-state index contributed by atoms with van der Waals surface area (Å²) in [5.74, 6) is -1.22. The number of para-hydroxylation sites is 1. The Balaban J connectivity index is 1.60. The van der Waals surface area contributed by atoms with Gasteiger partial charge in [0.2, 0.25) is 11.8 Å². The number of rotatable bonds is 3. The maximum absolute atomic E-state index is 12.9. The van der Waals surface area contributed by atoms with Gasteiger partial charge in [-0.15, -0.1) is 0 Å². The molecule has 2 aromatic carbocycles. The summed E-state index contributed by atoms with van der Waals surface area (Å²) in [6, 6.07) is 15.8. The summed E-state index contributed by atoms with van der Waals surface area (Å²) >= 11 is 0. The van der Waals surface area contributed by atoms with Gasteiger partial charge in [0.05, 0.1) is 17.5 Å². The van der Waals surface area contributed by atoms with Gasteiger partial charge < -0.3 is 5.32 Å². The van der Waals surface area contributed by atoms with E-state index < -0.39 is 0 Å². The molecule has 136 valence electrons. The van der Waals surface area contributed by atoms with Crippen LogP contribution in [0.1, 0.15) is 23.7 Å². The lowest BCUT2D eigenvalue weighted by atomic mass is 9.78. The van der Waals surface area contributed by atoms with E-state index in [9.17, 15) is 14.4 Å². The van der Waals surface area contributed by atoms with E-state index in [1.807, 2.05) is 37.3 Å². The molecule has 3 atom stereocenters. The van der Waals surface area contributed by atoms with Crippen molar-refractivity contribution in [2.24, 2.45) is 17.8 Å². The fraction of sp³-hybridized carbons (Fsp3) is 0.227. The van der Waals surface area contributed by atoms with Crippen LogP contribution in [0.4, 0.5) is 11.4 Å². The quantitative estimate of drug-likeness (QED) is 0.671. The van der Waals surface area contributed by atoms with Gasteiger partial charge in [0.25, 0.3) is 5.91 Å². The van der Waals surface area contributed by atoms with Crippen molar-refractivity contribution < 1.29 is 14.4 Å². The normalized spacial score (nSPS) is 24.0. The molecule has 3 amide bonds. The number of anilines is 2. The molecule has 1 N–H and O–H groups in total. The van der Waals surface area contributed by atoms with Crippen LogP contribution in [0, 0.1) is 17.8 Å². The molecule has 4 rings (SSSR count). The van der Waals surface area contributed by atoms with Crippen molar-refractivity contribution in [1.29, 1.82) is 0 Å². The van der Waals surface area contributed by atoms with Crippen molar-refractivity contribution in [1.82, 2.24) is 0 Å². The minimum atomic E-state index is -0.315. The molecule has 27 heavy (non-hydrogen) atoms. The third-order valence-corrected chi connectivity index (χ3v) is 5.27. The van der Waals surface area contributed by atoms with Crippen molar-refractivity contribution in [2.75, 3.05) is 10.2 Å². The number of imide groups is 1. The second kappa shape index (κ2) is 6.83. The lowest BCUT2D eigenvalue weighted by Crippen LogP contribution is -2.31. The van der Waals surface area contributed by atoms with Gasteiger partial charge in [-0.1, -0.05) is 43.3 Å². The Morgan fingerprint density at radius 1 is 1.04 bits per heavy atom. The first-order valence-corrected chi connectivity index (χ1v) is 9.07. The van der Waals surface area contributed by atoms with Gasteiger partial charge in [0, 0.05) is 11.3 Å². The predicted octanol–water partition coefficient (Wildman–Crippen LogP) is 3.64. The Kier molecular flexibility index (Phi) is 4.36. The van der Waals surface area contributed by atoms with Crippen LogP contribution in [0.3, 0.4) is 0 Å². The van der Waals surface area contributed by atoms with E-state index in [-0.39, 0.29) is 35.5 Å². The Morgan fingerprint density at radius 3 is 2.56 bits per heavy atom. The van der Waals surface area contributed by atoms with E-state index in [0.29, 0.717) is 23.4 Å². The number of fused-ring (bicyclic) bond motifs is 1. The largest absolute Gasteiger partial charge is 0.322 e. The molecule has 5 nitrogen and oxygen atoms in total. The van der Waals surface area contributed by atoms with Crippen LogP contribution in [0.2, 0.25) is 0 Å². The minimum Gasteiger partial charge on any atom is -0.322 e. The van der Waals surface area contributed by atoms with Crippen molar-refractivity contribution in [2.45, 2.75) is 13.3 Å². The average Bonchev–Trinajstić information content (AvgIpc) is 2.94. The SMILES string of the molecule is CC1C=CCC2C(=O)N(c3cccc(C(=O)Nc4ccccc4)c3)C(=O)C12. The van der Waals surface area contributed by atoms with E-state index in [1.54, 1.807) is 36.4 Å². The number of hydrogen-bond acceptors (Lipinski definition) is 3. The molecule has 0 saturated carbocycles. The maximum Gasteiger partial charge on any atom is 0.255 e. The molecule has 3 unspecified atom stereocenters. The average molecular weight is 360 g/mol. The summed E-state index contributed by atoms with van der Waals surface area (Å²) in [4.78, 5) is 39.5. The second-order valence-electron chi connectivity index (χ2n) is 7.04. The van der Waals surface area contributed by atoms with Crippen LogP contribution in [-0.2, 0) is 9.59 Å². The van der Waals surface area contributed by atoms with Gasteiger partial charge in [-0.25, -0.2) is 0 Å². The molecule has 1 fully saturated rings. The number of nitrogens with one attached hydrogen (secondary N) is 1. The number of allylic oxidation sites excluding steroid dienone is 2. The van der Waals surface area contributed by atoms with Crippen LogP contribution >= 0.6 is 0 Å². The number of hydrogen-bond donors (Lipinski definition) is 1. The van der Waals surface area contributed by atoms with Gasteiger partial charge in [-0.2, -0.15) is 0 Å². The third kappa shape index (κ3) is 3.05. The third-order valence-electron chi connectivity index (χ3n) is 5.27. The fourth-order valence-electron chi connectivity index (χ4n) is 3.91. The fourth-order valence-corrected chi connectivity index (χ4v) is 3.91. The van der Waals surface area contributed by atoms with Gasteiger partial charge >= 0.3 is 0 Å². The monoisotopic (exact) mass is 360 g/mol. The first kappa shape index (κ1) is 17.2. The van der Waals surface area contributed by atoms with E-state index in [2.05, 4.69) is 5.32 Å². The highest BCUT2D eigenvalue weighted by molar-refractivity contribution is 6.22. The standard InChI is InChI=1S/C22H20N2O3/c1-14-7-5-12-18-19(14)22(27)24(21(18)26)17-11-6-8-15(13-17)20(25)23-16-9-3-2-4-10-16/h2-11,13-14,18-19H,12H2,1H3,(H,23,25). The van der Waals surface area contributed by atoms with Gasteiger partial charge in [0.1, 0.15) is 0 Å². The first-order valence-electron chi connectivity index (χ1n) is 9.07. The van der Waals surface area contributed by atoms with Crippen LogP contribution in [0.25, 0.3) is 0 Å². The summed E-state index contributed by atoms with van der Waals surface area (Å²) in [5, 5.41) is 2.82. The zero-order valence-corrected chi connectivity index (χ0v) is 15.0. The number of carbonyl (C=O) groups is 3. The molecule has 1 aliphatic carbocycles. The van der Waals surface area contributed by atoms with Gasteiger partial charge in [-0.05, 0) is 42.7 Å². The summed E-state index contributed by atoms with van der Waals surface area (Å²) in [7, 11) is 0. The molecule has 0 spiro atoms. The zero-order chi connectivity index (χ0) is 19.0. The highest BCUT2D eigenvalue weighted by Gasteiger charge is 2.50. The highest BCUT2D eigenvalue weighted by Crippen LogP contribution is 2.40. The van der Waals surface area contributed by atoms with Gasteiger partial charge in [0.15, 0.2) is 0 Å².